The number of amides is 4. The van der Waals surface area contributed by atoms with E-state index in [0.29, 0.717) is 22.3 Å². The van der Waals surface area contributed by atoms with Gasteiger partial charge in [0.15, 0.2) is 0 Å². The van der Waals surface area contributed by atoms with E-state index in [0.717, 1.165) is 131 Å². The molecule has 0 bridgehead atoms. The molecule has 0 aromatic heterocycles. The Labute approximate surface area is 303 Å². The van der Waals surface area contributed by atoms with Crippen molar-refractivity contribution >= 4 is 92.3 Å². The first-order valence-electron chi connectivity index (χ1n) is 20.0. The Bertz CT molecular complexity index is 2200. The van der Waals surface area contributed by atoms with Gasteiger partial charge in [-0.3, -0.25) is 0 Å². The van der Waals surface area contributed by atoms with E-state index in [4.69, 9.17) is 0 Å². The quantitative estimate of drug-likeness (QED) is 0.0682. The third-order valence-electron chi connectivity index (χ3n) is 13.7. The first-order chi connectivity index (χ1) is 24.9. The van der Waals surface area contributed by atoms with Crippen molar-refractivity contribution in [3.05, 3.63) is 58.7 Å². The minimum absolute atomic E-state index is 0.0490. The average molecular weight is 786 g/mol. The van der Waals surface area contributed by atoms with Crippen LogP contribution < -0.4 is 7.16 Å². The molecule has 2 saturated carbocycles. The summed E-state index contributed by atoms with van der Waals surface area (Å²) in [5.41, 5.74) is 2.72. The fraction of sp³-hybridized carbons (Fsp3) is 0.455. The van der Waals surface area contributed by atoms with Crippen molar-refractivity contribution in [2.24, 2.45) is 0 Å². The van der Waals surface area contributed by atoms with Gasteiger partial charge in [-0.1, -0.05) is 0 Å². The van der Waals surface area contributed by atoms with Gasteiger partial charge in [-0.05, 0) is 0 Å². The second-order valence-electron chi connectivity index (χ2n) is 16.3. The molecule has 5 aromatic carbocycles. The molecule has 3 heterocycles. The van der Waals surface area contributed by atoms with E-state index in [1.807, 2.05) is 12.1 Å². The summed E-state index contributed by atoms with van der Waals surface area (Å²) in [6.07, 6.45) is 14.4. The fourth-order valence-corrected chi connectivity index (χ4v) is 28.0. The van der Waals surface area contributed by atoms with Crippen molar-refractivity contribution in [2.75, 3.05) is 0 Å². The van der Waals surface area contributed by atoms with Crippen LogP contribution in [0.3, 0.4) is 0 Å². The van der Waals surface area contributed by atoms with Gasteiger partial charge in [-0.25, -0.2) is 0 Å². The van der Waals surface area contributed by atoms with Crippen molar-refractivity contribution < 1.29 is 19.2 Å². The molecule has 51 heavy (non-hydrogen) atoms. The molecule has 0 radical (unpaired) electrons. The van der Waals surface area contributed by atoms with Gasteiger partial charge in [0.25, 0.3) is 0 Å². The van der Waals surface area contributed by atoms with Crippen LogP contribution in [0.15, 0.2) is 36.4 Å². The van der Waals surface area contributed by atoms with E-state index >= 15 is 0 Å². The summed E-state index contributed by atoms with van der Waals surface area (Å²) in [7, 11) is 0. The number of imide groups is 2. The summed E-state index contributed by atoms with van der Waals surface area (Å²) < 4.78 is 5.05. The number of hydrogen-bond donors (Lipinski definition) is 0. The van der Waals surface area contributed by atoms with Crippen molar-refractivity contribution in [2.45, 2.75) is 125 Å². The third-order valence-corrected chi connectivity index (χ3v) is 28.8. The van der Waals surface area contributed by atoms with Gasteiger partial charge in [0.05, 0.1) is 0 Å². The summed E-state index contributed by atoms with van der Waals surface area (Å²) in [6.45, 7) is 4.54. The second kappa shape index (κ2) is 11.7. The number of benzene rings is 5. The number of hydrogen-bond acceptors (Lipinski definition) is 4. The molecule has 4 amide bonds. The van der Waals surface area contributed by atoms with Gasteiger partial charge in [-0.2, -0.15) is 0 Å². The van der Waals surface area contributed by atoms with Crippen LogP contribution in [-0.4, -0.2) is 63.9 Å². The molecular weight excluding hydrogens is 739 g/mol. The molecule has 0 spiro atoms. The molecule has 0 N–H and O–H groups in total. The van der Waals surface area contributed by atoms with Gasteiger partial charge in [0, 0.05) is 0 Å². The van der Waals surface area contributed by atoms with Gasteiger partial charge in [-0.15, -0.1) is 0 Å². The standard InChI is InChI=1S/C36H28N2O4.2C4H9.Sn/c39-33-25-15-11-21-23-13-17-27-32-28(36(42)38(35(27)41)20-9-5-2-6-10-20)18-14-24(30(23)32)22-12-16-26(31(25)29(21)22)34(40)37(33)19-7-3-1-4-8-19;2*1-3-4-2;/h11,13,15-20H,1-10H2;2*1,3-4H2,2H3;. The minimum atomic E-state index is -3.63. The Balaban J connectivity index is 1.32. The number of nitrogens with zero attached hydrogens (tertiary/aromatic N) is 2. The molecule has 260 valence electrons. The molecular formula is C44H46N2O4Sn. The molecule has 0 saturated heterocycles. The Morgan fingerprint density at radius 1 is 0.510 bits per heavy atom. The van der Waals surface area contributed by atoms with Gasteiger partial charge < -0.3 is 0 Å². The first-order valence-corrected chi connectivity index (χ1v) is 26.8. The van der Waals surface area contributed by atoms with Crippen LogP contribution in [0.5, 0.6) is 0 Å². The Hall–Kier alpha value is -3.52. The number of carbonyl (C=O) groups is 4. The van der Waals surface area contributed by atoms with E-state index in [9.17, 15) is 19.2 Å². The fourth-order valence-electron chi connectivity index (χ4n) is 11.4. The molecule has 2 fully saturated rings. The summed E-state index contributed by atoms with van der Waals surface area (Å²) in [5.74, 6) is -0.526. The van der Waals surface area contributed by atoms with Crippen molar-refractivity contribution in [1.29, 1.82) is 0 Å². The molecule has 7 heteroatoms. The van der Waals surface area contributed by atoms with Crippen LogP contribution in [0.2, 0.25) is 8.87 Å². The molecule has 3 aliphatic heterocycles. The summed E-state index contributed by atoms with van der Waals surface area (Å²) in [6, 6.07) is 12.6. The third kappa shape index (κ3) is 4.17. The van der Waals surface area contributed by atoms with Crippen molar-refractivity contribution in [3.8, 4) is 0 Å². The average Bonchev–Trinajstić information content (AvgIpc) is 3.44. The zero-order chi connectivity index (χ0) is 34.8. The van der Waals surface area contributed by atoms with Gasteiger partial charge in [0.1, 0.15) is 0 Å². The predicted octanol–water partition coefficient (Wildman–Crippen LogP) is 9.07. The Morgan fingerprint density at radius 2 is 0.902 bits per heavy atom. The summed E-state index contributed by atoms with van der Waals surface area (Å²) in [4.78, 5) is 61.7. The molecule has 0 atom stereocenters. The van der Waals surface area contributed by atoms with E-state index < -0.39 is 18.4 Å². The summed E-state index contributed by atoms with van der Waals surface area (Å²) in [5, 5.41) is 8.27. The van der Waals surface area contributed by atoms with Gasteiger partial charge >= 0.3 is 305 Å². The van der Waals surface area contributed by atoms with Crippen LogP contribution in [0, 0.1) is 0 Å². The summed E-state index contributed by atoms with van der Waals surface area (Å²) >= 11 is -3.63. The zero-order valence-electron chi connectivity index (χ0n) is 30.0. The van der Waals surface area contributed by atoms with Crippen LogP contribution in [-0.2, 0) is 0 Å². The first kappa shape index (κ1) is 32.2. The number of carbonyl (C=O) groups excluding carboxylic acids is 4. The van der Waals surface area contributed by atoms with E-state index in [-0.39, 0.29) is 35.7 Å². The Kier molecular flexibility index (Phi) is 7.40. The number of rotatable bonds is 8. The molecule has 2 aliphatic carbocycles. The normalized spacial score (nSPS) is 20.5. The zero-order valence-corrected chi connectivity index (χ0v) is 32.8. The predicted molar refractivity (Wildman–Crippen MR) is 207 cm³/mol. The molecule has 5 aromatic rings. The SMILES string of the molecule is CCC[CH2][Sn]1([CH2]CCC)[c]2cc3c4c(ccc5c6ccc7c8c(c[c]1c(c2c45)c86)C(=O)N(C1CCCCC1)C7=O)C(=O)N(C1CCCCC1)C3=O. The maximum atomic E-state index is 14.8. The second-order valence-corrected chi connectivity index (χ2v) is 28.5. The van der Waals surface area contributed by atoms with E-state index in [1.165, 1.54) is 17.9 Å². The van der Waals surface area contributed by atoms with E-state index in [1.54, 1.807) is 9.80 Å². The molecule has 5 aliphatic rings. The topological polar surface area (TPSA) is 74.8 Å². The van der Waals surface area contributed by atoms with Crippen molar-refractivity contribution in [1.82, 2.24) is 9.80 Å². The maximum absolute atomic E-state index is 14.8. The number of fused-ring (bicyclic) bond motifs is 1. The van der Waals surface area contributed by atoms with Crippen LogP contribution in [0.1, 0.15) is 145 Å². The van der Waals surface area contributed by atoms with Crippen LogP contribution >= 0.6 is 0 Å². The number of unbranched alkanes of at least 4 members (excludes halogenated alkanes) is 2. The Morgan fingerprint density at radius 3 is 1.29 bits per heavy atom. The molecule has 6 nitrogen and oxygen atoms in total. The van der Waals surface area contributed by atoms with Crippen LogP contribution in [0.4, 0.5) is 0 Å². The van der Waals surface area contributed by atoms with Gasteiger partial charge in [0.2, 0.25) is 0 Å². The molecule has 0 unspecified atom stereocenters. The van der Waals surface area contributed by atoms with Crippen LogP contribution in [0.25, 0.3) is 43.1 Å². The monoisotopic (exact) mass is 786 g/mol. The van der Waals surface area contributed by atoms with Crippen molar-refractivity contribution in [3.63, 3.8) is 0 Å². The molecule has 10 rings (SSSR count). The van der Waals surface area contributed by atoms with E-state index in [2.05, 4.69) is 38.1 Å².